The highest BCUT2D eigenvalue weighted by Crippen LogP contribution is 2.23. The number of aromatic hydroxyl groups is 1. The van der Waals surface area contributed by atoms with Crippen LogP contribution in [-0.4, -0.2) is 18.4 Å². The van der Waals surface area contributed by atoms with E-state index in [1.807, 2.05) is 24.3 Å². The summed E-state index contributed by atoms with van der Waals surface area (Å²) in [6, 6.07) is 12.3. The summed E-state index contributed by atoms with van der Waals surface area (Å²) in [5.41, 5.74) is 1.65. The second kappa shape index (κ2) is 5.56. The largest absolute Gasteiger partial charge is 0.506 e. The van der Waals surface area contributed by atoms with Gasteiger partial charge in [-0.1, -0.05) is 11.6 Å². The van der Waals surface area contributed by atoms with E-state index < -0.39 is 0 Å². The minimum Gasteiger partial charge on any atom is -0.506 e. The van der Waals surface area contributed by atoms with Crippen molar-refractivity contribution in [1.82, 2.24) is 0 Å². The average Bonchev–Trinajstić information content (AvgIpc) is 2.41. The molecule has 0 aromatic heterocycles. The standard InChI is InChI=1S/C14H12ClNO2/c1-18-12-5-3-11(4-6-12)16-9-10-2-7-14(17)13(15)8-10/h2-9,17H,1H3. The third-order valence-corrected chi connectivity index (χ3v) is 2.71. The molecule has 0 unspecified atom stereocenters. The molecule has 4 heteroatoms. The van der Waals surface area contributed by atoms with Crippen molar-refractivity contribution in [3.05, 3.63) is 53.1 Å². The number of benzene rings is 2. The fourth-order valence-electron chi connectivity index (χ4n) is 1.42. The van der Waals surface area contributed by atoms with Gasteiger partial charge in [0.1, 0.15) is 11.5 Å². The first kappa shape index (κ1) is 12.5. The molecule has 0 bridgehead atoms. The first-order valence-electron chi connectivity index (χ1n) is 5.35. The predicted molar refractivity (Wildman–Crippen MR) is 73.4 cm³/mol. The van der Waals surface area contributed by atoms with Gasteiger partial charge in [0.15, 0.2) is 0 Å². The number of hydrogen-bond donors (Lipinski definition) is 1. The van der Waals surface area contributed by atoms with E-state index >= 15 is 0 Å². The van der Waals surface area contributed by atoms with E-state index in [0.29, 0.717) is 5.02 Å². The van der Waals surface area contributed by atoms with Crippen LogP contribution in [0.5, 0.6) is 11.5 Å². The Morgan fingerprint density at radius 2 is 1.89 bits per heavy atom. The zero-order valence-corrected chi connectivity index (χ0v) is 10.6. The lowest BCUT2D eigenvalue weighted by atomic mass is 10.2. The number of hydrogen-bond acceptors (Lipinski definition) is 3. The molecule has 0 spiro atoms. The second-order valence-corrected chi connectivity index (χ2v) is 4.07. The van der Waals surface area contributed by atoms with Crippen LogP contribution in [0.1, 0.15) is 5.56 Å². The Labute approximate surface area is 110 Å². The van der Waals surface area contributed by atoms with E-state index in [4.69, 9.17) is 16.3 Å². The molecule has 3 nitrogen and oxygen atoms in total. The Hall–Kier alpha value is -2.00. The summed E-state index contributed by atoms with van der Waals surface area (Å²) in [5.74, 6) is 0.861. The lowest BCUT2D eigenvalue weighted by molar-refractivity contribution is 0.415. The number of nitrogens with zero attached hydrogens (tertiary/aromatic N) is 1. The van der Waals surface area contributed by atoms with Crippen molar-refractivity contribution in [2.75, 3.05) is 7.11 Å². The fourth-order valence-corrected chi connectivity index (χ4v) is 1.61. The SMILES string of the molecule is COc1ccc(N=Cc2ccc(O)c(Cl)c2)cc1. The number of methoxy groups -OCH3 is 1. The van der Waals surface area contributed by atoms with Gasteiger partial charge in [-0.05, 0) is 48.0 Å². The molecule has 92 valence electrons. The highest BCUT2D eigenvalue weighted by atomic mass is 35.5. The van der Waals surface area contributed by atoms with Gasteiger partial charge in [-0.3, -0.25) is 4.99 Å². The van der Waals surface area contributed by atoms with Crippen molar-refractivity contribution in [1.29, 1.82) is 0 Å². The van der Waals surface area contributed by atoms with Crippen molar-refractivity contribution in [2.45, 2.75) is 0 Å². The Kier molecular flexibility index (Phi) is 3.85. The molecular formula is C14H12ClNO2. The van der Waals surface area contributed by atoms with Crippen LogP contribution in [0.4, 0.5) is 5.69 Å². The molecule has 2 aromatic carbocycles. The number of ether oxygens (including phenoxy) is 1. The van der Waals surface area contributed by atoms with Crippen molar-refractivity contribution in [3.8, 4) is 11.5 Å². The van der Waals surface area contributed by atoms with Gasteiger partial charge < -0.3 is 9.84 Å². The summed E-state index contributed by atoms with van der Waals surface area (Å²) in [4.78, 5) is 4.30. The number of phenolic OH excluding ortho intramolecular Hbond substituents is 1. The number of phenols is 1. The van der Waals surface area contributed by atoms with Crippen LogP contribution in [-0.2, 0) is 0 Å². The lowest BCUT2D eigenvalue weighted by Gasteiger charge is -2.00. The fraction of sp³-hybridized carbons (Fsp3) is 0.0714. The van der Waals surface area contributed by atoms with Crippen molar-refractivity contribution >= 4 is 23.5 Å². The Morgan fingerprint density at radius 1 is 1.17 bits per heavy atom. The quantitative estimate of drug-likeness (QED) is 0.854. The molecule has 0 amide bonds. The summed E-state index contributed by atoms with van der Waals surface area (Å²) in [6.07, 6.45) is 1.69. The molecule has 0 aliphatic carbocycles. The maximum Gasteiger partial charge on any atom is 0.134 e. The Morgan fingerprint density at radius 3 is 2.50 bits per heavy atom. The van der Waals surface area contributed by atoms with Crippen LogP contribution in [0.15, 0.2) is 47.5 Å². The van der Waals surface area contributed by atoms with Gasteiger partial charge >= 0.3 is 0 Å². The summed E-state index contributed by atoms with van der Waals surface area (Å²) in [5, 5.41) is 9.61. The topological polar surface area (TPSA) is 41.8 Å². The molecule has 0 atom stereocenters. The van der Waals surface area contributed by atoms with Crippen LogP contribution < -0.4 is 4.74 Å². The first-order chi connectivity index (χ1) is 8.69. The third kappa shape index (κ3) is 3.02. The zero-order valence-electron chi connectivity index (χ0n) is 9.80. The van der Waals surface area contributed by atoms with Gasteiger partial charge in [-0.15, -0.1) is 0 Å². The minimum atomic E-state index is 0.0678. The molecule has 2 rings (SSSR count). The van der Waals surface area contributed by atoms with Crippen molar-refractivity contribution in [3.63, 3.8) is 0 Å². The van der Waals surface area contributed by atoms with Crippen LogP contribution in [0.3, 0.4) is 0 Å². The molecule has 1 N–H and O–H groups in total. The number of rotatable bonds is 3. The van der Waals surface area contributed by atoms with E-state index in [1.54, 1.807) is 25.5 Å². The smallest absolute Gasteiger partial charge is 0.134 e. The van der Waals surface area contributed by atoms with Gasteiger partial charge in [-0.25, -0.2) is 0 Å². The maximum absolute atomic E-state index is 9.30. The van der Waals surface area contributed by atoms with E-state index in [1.165, 1.54) is 6.07 Å². The second-order valence-electron chi connectivity index (χ2n) is 3.67. The summed E-state index contributed by atoms with van der Waals surface area (Å²) in [7, 11) is 1.62. The van der Waals surface area contributed by atoms with Gasteiger partial charge in [-0.2, -0.15) is 0 Å². The number of halogens is 1. The summed E-state index contributed by atoms with van der Waals surface area (Å²) >= 11 is 5.81. The van der Waals surface area contributed by atoms with E-state index in [2.05, 4.69) is 4.99 Å². The third-order valence-electron chi connectivity index (χ3n) is 2.41. The Balaban J connectivity index is 2.16. The van der Waals surface area contributed by atoms with E-state index in [-0.39, 0.29) is 5.75 Å². The van der Waals surface area contributed by atoms with Crippen LogP contribution in [0.25, 0.3) is 0 Å². The van der Waals surface area contributed by atoms with E-state index in [0.717, 1.165) is 17.0 Å². The molecule has 0 radical (unpaired) electrons. The Bertz CT molecular complexity index is 565. The summed E-state index contributed by atoms with van der Waals surface area (Å²) < 4.78 is 5.06. The molecule has 0 fully saturated rings. The summed E-state index contributed by atoms with van der Waals surface area (Å²) in [6.45, 7) is 0. The van der Waals surface area contributed by atoms with Gasteiger partial charge in [0, 0.05) is 6.21 Å². The first-order valence-corrected chi connectivity index (χ1v) is 5.73. The van der Waals surface area contributed by atoms with Gasteiger partial charge in [0.25, 0.3) is 0 Å². The lowest BCUT2D eigenvalue weighted by Crippen LogP contribution is -1.82. The number of aliphatic imine (C=N–C) groups is 1. The van der Waals surface area contributed by atoms with E-state index in [9.17, 15) is 5.11 Å². The van der Waals surface area contributed by atoms with Crippen LogP contribution in [0, 0.1) is 0 Å². The average molecular weight is 262 g/mol. The zero-order chi connectivity index (χ0) is 13.0. The maximum atomic E-state index is 9.30. The molecule has 18 heavy (non-hydrogen) atoms. The molecule has 0 saturated carbocycles. The van der Waals surface area contributed by atoms with Gasteiger partial charge in [0.05, 0.1) is 17.8 Å². The van der Waals surface area contributed by atoms with Crippen molar-refractivity contribution in [2.24, 2.45) is 4.99 Å². The normalized spacial score (nSPS) is 10.8. The highest BCUT2D eigenvalue weighted by molar-refractivity contribution is 6.32. The highest BCUT2D eigenvalue weighted by Gasteiger charge is 1.97. The van der Waals surface area contributed by atoms with Crippen molar-refractivity contribution < 1.29 is 9.84 Å². The van der Waals surface area contributed by atoms with Gasteiger partial charge in [0.2, 0.25) is 0 Å². The minimum absolute atomic E-state index is 0.0678. The molecule has 0 heterocycles. The molecule has 0 aliphatic rings. The molecule has 0 aliphatic heterocycles. The molecular weight excluding hydrogens is 250 g/mol. The predicted octanol–water partition coefficient (Wildman–Crippen LogP) is 3.80. The molecule has 2 aromatic rings. The monoisotopic (exact) mass is 261 g/mol. The van der Waals surface area contributed by atoms with Crippen LogP contribution in [0.2, 0.25) is 5.02 Å². The van der Waals surface area contributed by atoms with Crippen LogP contribution >= 0.6 is 11.6 Å². The molecule has 0 saturated heterocycles.